The van der Waals surface area contributed by atoms with Crippen molar-refractivity contribution in [3.05, 3.63) is 72.4 Å². The minimum absolute atomic E-state index is 0.00480. The predicted molar refractivity (Wildman–Crippen MR) is 179 cm³/mol. The van der Waals surface area contributed by atoms with Crippen LogP contribution >= 0.6 is 0 Å². The molecule has 0 spiro atoms. The van der Waals surface area contributed by atoms with E-state index in [1.807, 2.05) is 19.9 Å². The number of rotatable bonds is 12. The highest BCUT2D eigenvalue weighted by Crippen LogP contribution is 2.42. The smallest absolute Gasteiger partial charge is 0.418 e. The molecule has 0 saturated carbocycles. The van der Waals surface area contributed by atoms with Gasteiger partial charge < -0.3 is 35.1 Å². The highest BCUT2D eigenvalue weighted by molar-refractivity contribution is 5.88. The van der Waals surface area contributed by atoms with Gasteiger partial charge in [-0.3, -0.25) is 9.78 Å². The first-order chi connectivity index (χ1) is 22.7. The van der Waals surface area contributed by atoms with Gasteiger partial charge in [0.25, 0.3) is 0 Å². The van der Waals surface area contributed by atoms with E-state index < -0.39 is 11.7 Å². The van der Waals surface area contributed by atoms with Crippen LogP contribution in [-0.2, 0) is 11.0 Å². The highest BCUT2D eigenvalue weighted by atomic mass is 19.4. The molecule has 47 heavy (non-hydrogen) atoms. The minimum Gasteiger partial charge on any atom is -0.493 e. The van der Waals surface area contributed by atoms with Crippen LogP contribution in [0.1, 0.15) is 38.7 Å². The molecule has 0 aliphatic carbocycles. The molecular formula is C35H42F3N5O4. The number of fused-ring (bicyclic) bond motifs is 1. The fourth-order valence-corrected chi connectivity index (χ4v) is 5.52. The molecule has 0 radical (unpaired) electrons. The van der Waals surface area contributed by atoms with Crippen molar-refractivity contribution in [3.8, 4) is 23.0 Å². The maximum absolute atomic E-state index is 14.5. The molecule has 2 heterocycles. The number of anilines is 3. The quantitative estimate of drug-likeness (QED) is 0.121. The van der Waals surface area contributed by atoms with E-state index in [1.54, 1.807) is 72.7 Å². The molecule has 1 saturated heterocycles. The Balaban J connectivity index is 0.00000245. The summed E-state index contributed by atoms with van der Waals surface area (Å²) in [4.78, 5) is 18.8. The van der Waals surface area contributed by atoms with Gasteiger partial charge in [-0.1, -0.05) is 19.9 Å². The second-order valence-corrected chi connectivity index (χ2v) is 10.7. The zero-order valence-corrected chi connectivity index (χ0v) is 27.1. The number of hydrogen-bond donors (Lipinski definition) is 2. The SMILES string of the molecule is CC.COc1cc2nccc(Oc3cccc(N(CCCNC=O)c4ccc(N5CCC(N)CC5)c(C(F)(F)F)c4)c3)c2cc1OC. The van der Waals surface area contributed by atoms with Gasteiger partial charge in [0.05, 0.1) is 25.3 Å². The summed E-state index contributed by atoms with van der Waals surface area (Å²) < 4.78 is 60.5. The summed E-state index contributed by atoms with van der Waals surface area (Å²) in [5.41, 5.74) is 7.08. The van der Waals surface area contributed by atoms with Crippen LogP contribution in [-0.4, -0.2) is 57.8 Å². The minimum atomic E-state index is -4.56. The molecule has 4 aromatic rings. The van der Waals surface area contributed by atoms with Crippen molar-refractivity contribution >= 4 is 34.4 Å². The summed E-state index contributed by atoms with van der Waals surface area (Å²) in [6, 6.07) is 16.8. The predicted octanol–water partition coefficient (Wildman–Crippen LogP) is 7.29. The van der Waals surface area contributed by atoms with Gasteiger partial charge >= 0.3 is 6.18 Å². The number of carbonyl (C=O) groups is 1. The monoisotopic (exact) mass is 653 g/mol. The van der Waals surface area contributed by atoms with Crippen molar-refractivity contribution in [2.75, 3.05) is 50.2 Å². The number of methoxy groups -OCH3 is 2. The third kappa shape index (κ3) is 8.56. The van der Waals surface area contributed by atoms with Crippen molar-refractivity contribution in [1.29, 1.82) is 0 Å². The van der Waals surface area contributed by atoms with Crippen molar-refractivity contribution in [3.63, 3.8) is 0 Å². The molecule has 3 aromatic carbocycles. The third-order valence-corrected chi connectivity index (χ3v) is 7.83. The molecule has 9 nitrogen and oxygen atoms in total. The number of amides is 1. The summed E-state index contributed by atoms with van der Waals surface area (Å²) in [5.74, 6) is 2.04. The van der Waals surface area contributed by atoms with E-state index >= 15 is 0 Å². The van der Waals surface area contributed by atoms with Crippen LogP contribution in [0, 0.1) is 0 Å². The van der Waals surface area contributed by atoms with E-state index in [0.29, 0.717) is 97.1 Å². The number of aromatic nitrogens is 1. The van der Waals surface area contributed by atoms with Crippen LogP contribution in [0.15, 0.2) is 66.9 Å². The van der Waals surface area contributed by atoms with Crippen molar-refractivity contribution in [2.24, 2.45) is 5.73 Å². The summed E-state index contributed by atoms with van der Waals surface area (Å²) in [6.07, 6.45) is -0.580. The van der Waals surface area contributed by atoms with Gasteiger partial charge in [0.15, 0.2) is 11.5 Å². The molecule has 1 aliphatic rings. The number of benzene rings is 3. The molecule has 252 valence electrons. The molecule has 0 atom stereocenters. The Morgan fingerprint density at radius 1 is 0.979 bits per heavy atom. The van der Waals surface area contributed by atoms with Crippen LogP contribution in [0.25, 0.3) is 10.9 Å². The van der Waals surface area contributed by atoms with Gasteiger partial charge in [-0.25, -0.2) is 0 Å². The molecule has 0 unspecified atom stereocenters. The van der Waals surface area contributed by atoms with Crippen molar-refractivity contribution < 1.29 is 32.2 Å². The molecule has 12 heteroatoms. The summed E-state index contributed by atoms with van der Waals surface area (Å²) in [6.45, 7) is 5.64. The Labute approximate surface area is 273 Å². The molecule has 1 aromatic heterocycles. The van der Waals surface area contributed by atoms with Crippen molar-refractivity contribution in [2.45, 2.75) is 45.3 Å². The van der Waals surface area contributed by atoms with E-state index in [9.17, 15) is 18.0 Å². The van der Waals surface area contributed by atoms with Crippen LogP contribution in [0.4, 0.5) is 30.2 Å². The van der Waals surface area contributed by atoms with Gasteiger partial charge in [0, 0.05) is 73.0 Å². The topological polar surface area (TPSA) is 102 Å². The lowest BCUT2D eigenvalue weighted by atomic mass is 10.0. The number of nitrogens with two attached hydrogens (primary N) is 1. The average molecular weight is 654 g/mol. The molecule has 1 fully saturated rings. The third-order valence-electron chi connectivity index (χ3n) is 7.83. The Hall–Kier alpha value is -4.71. The Kier molecular flexibility index (Phi) is 12.1. The number of carbonyl (C=O) groups excluding carboxylic acids is 1. The van der Waals surface area contributed by atoms with Crippen molar-refractivity contribution in [1.82, 2.24) is 10.3 Å². The van der Waals surface area contributed by atoms with Crippen LogP contribution in [0.5, 0.6) is 23.0 Å². The summed E-state index contributed by atoms with van der Waals surface area (Å²) in [7, 11) is 3.09. The number of ether oxygens (including phenoxy) is 3. The molecule has 1 amide bonds. The second-order valence-electron chi connectivity index (χ2n) is 10.7. The summed E-state index contributed by atoms with van der Waals surface area (Å²) in [5, 5.41) is 3.32. The molecule has 3 N–H and O–H groups in total. The van der Waals surface area contributed by atoms with Gasteiger partial charge in [-0.05, 0) is 61.7 Å². The Morgan fingerprint density at radius 3 is 2.36 bits per heavy atom. The van der Waals surface area contributed by atoms with E-state index in [2.05, 4.69) is 10.3 Å². The lowest BCUT2D eigenvalue weighted by Gasteiger charge is -2.34. The number of alkyl halides is 3. The summed E-state index contributed by atoms with van der Waals surface area (Å²) >= 11 is 0. The first-order valence-electron chi connectivity index (χ1n) is 15.7. The number of nitrogens with one attached hydrogen (secondary N) is 1. The fourth-order valence-electron chi connectivity index (χ4n) is 5.52. The van der Waals surface area contributed by atoms with E-state index in [-0.39, 0.29) is 11.7 Å². The average Bonchev–Trinajstić information content (AvgIpc) is 3.08. The number of hydrogen-bond acceptors (Lipinski definition) is 8. The van der Waals surface area contributed by atoms with Gasteiger partial charge in [-0.15, -0.1) is 0 Å². The standard InChI is InChI=1S/C33H36F3N5O4.C2H6/c1-43-31-19-26-28(20-32(31)44-2)39-13-9-30(26)45-25-6-3-5-23(17-25)41(14-4-12-38-21-42)24-7-8-29(27(18-24)33(34,35)36)40-15-10-22(37)11-16-40;1-2/h3,5-9,13,17-22H,4,10-12,14-16,37H2,1-2H3,(H,38,42);1-2H3. The Morgan fingerprint density at radius 2 is 1.68 bits per heavy atom. The van der Waals surface area contributed by atoms with Crippen LogP contribution in [0.2, 0.25) is 0 Å². The maximum Gasteiger partial charge on any atom is 0.418 e. The number of halogens is 3. The number of piperidine rings is 1. The molecule has 0 bridgehead atoms. The van der Waals surface area contributed by atoms with E-state index in [1.165, 1.54) is 12.1 Å². The maximum atomic E-state index is 14.5. The number of pyridine rings is 1. The molecule has 1 aliphatic heterocycles. The zero-order valence-electron chi connectivity index (χ0n) is 27.1. The largest absolute Gasteiger partial charge is 0.493 e. The highest BCUT2D eigenvalue weighted by Gasteiger charge is 2.36. The fraction of sp³-hybridized carbons (Fsp3) is 0.371. The first kappa shape index (κ1) is 35.1. The van der Waals surface area contributed by atoms with Crippen LogP contribution in [0.3, 0.4) is 0 Å². The normalized spacial score (nSPS) is 13.4. The lowest BCUT2D eigenvalue weighted by molar-refractivity contribution is -0.137. The van der Waals surface area contributed by atoms with Gasteiger partial charge in [0.1, 0.15) is 11.5 Å². The molecular weight excluding hydrogens is 611 g/mol. The van der Waals surface area contributed by atoms with Crippen LogP contribution < -0.4 is 35.1 Å². The first-order valence-corrected chi connectivity index (χ1v) is 15.7. The zero-order chi connectivity index (χ0) is 34.0. The second kappa shape index (κ2) is 16.2. The Bertz CT molecular complexity index is 1630. The molecule has 5 rings (SSSR count). The lowest BCUT2D eigenvalue weighted by Crippen LogP contribution is -2.40. The van der Waals surface area contributed by atoms with E-state index in [4.69, 9.17) is 19.9 Å². The van der Waals surface area contributed by atoms with Gasteiger partial charge in [0.2, 0.25) is 6.41 Å². The van der Waals surface area contributed by atoms with Gasteiger partial charge in [-0.2, -0.15) is 13.2 Å². The number of nitrogens with zero attached hydrogens (tertiary/aromatic N) is 3. The van der Waals surface area contributed by atoms with E-state index in [0.717, 1.165) is 0 Å².